The maximum absolute atomic E-state index is 12.1. The summed E-state index contributed by atoms with van der Waals surface area (Å²) in [6.07, 6.45) is 3.02. The third-order valence-corrected chi connectivity index (χ3v) is 3.15. The van der Waals surface area contributed by atoms with Gasteiger partial charge in [-0.05, 0) is 20.8 Å². The van der Waals surface area contributed by atoms with E-state index in [9.17, 15) is 4.79 Å². The lowest BCUT2D eigenvalue weighted by Crippen LogP contribution is -2.56. The quantitative estimate of drug-likeness (QED) is 0.738. The number of rotatable bonds is 4. The number of hydrogen-bond donors (Lipinski definition) is 0. The average Bonchev–Trinajstić information content (AvgIpc) is 2.39. The van der Waals surface area contributed by atoms with Gasteiger partial charge >= 0.3 is 6.09 Å². The highest BCUT2D eigenvalue weighted by Gasteiger charge is 2.31. The van der Waals surface area contributed by atoms with Crippen LogP contribution in [0.5, 0.6) is 0 Å². The molecular weight excluding hydrogens is 270 g/mol. The van der Waals surface area contributed by atoms with Gasteiger partial charge in [-0.25, -0.2) is 4.79 Å². The van der Waals surface area contributed by atoms with Gasteiger partial charge in [0.05, 0.1) is 18.7 Å². The first kappa shape index (κ1) is 17.5. The summed E-state index contributed by atoms with van der Waals surface area (Å²) >= 11 is 0. The van der Waals surface area contributed by atoms with Crippen molar-refractivity contribution >= 4 is 6.09 Å². The van der Waals surface area contributed by atoms with Gasteiger partial charge in [0, 0.05) is 39.4 Å². The van der Waals surface area contributed by atoms with E-state index in [4.69, 9.17) is 14.7 Å². The van der Waals surface area contributed by atoms with Crippen molar-refractivity contribution in [3.05, 3.63) is 12.2 Å². The van der Waals surface area contributed by atoms with Crippen molar-refractivity contribution in [2.45, 2.75) is 32.4 Å². The molecule has 0 aliphatic carbocycles. The molecule has 21 heavy (non-hydrogen) atoms. The van der Waals surface area contributed by atoms with Gasteiger partial charge in [0.1, 0.15) is 5.60 Å². The molecule has 1 fully saturated rings. The monoisotopic (exact) mass is 295 g/mol. The summed E-state index contributed by atoms with van der Waals surface area (Å²) in [6.45, 7) is 8.74. The van der Waals surface area contributed by atoms with Crippen LogP contribution < -0.4 is 0 Å². The van der Waals surface area contributed by atoms with Crippen molar-refractivity contribution in [3.63, 3.8) is 0 Å². The predicted molar refractivity (Wildman–Crippen MR) is 79.8 cm³/mol. The topological polar surface area (TPSA) is 65.8 Å². The van der Waals surface area contributed by atoms with Crippen LogP contribution in [0.15, 0.2) is 12.2 Å². The number of piperazine rings is 1. The molecule has 1 unspecified atom stereocenters. The second-order valence-corrected chi connectivity index (χ2v) is 6.06. The molecule has 118 valence electrons. The minimum absolute atomic E-state index is 0.111. The van der Waals surface area contributed by atoms with Crippen LogP contribution in [0.2, 0.25) is 0 Å². The van der Waals surface area contributed by atoms with E-state index >= 15 is 0 Å². The summed E-state index contributed by atoms with van der Waals surface area (Å²) in [6, 6.07) is 2.09. The molecule has 1 atom stereocenters. The standard InChI is InChI=1S/C15H25N3O3/c1-15(2,3)21-14(19)18-10-9-17(8-6-5-7-16)13(11-18)12-20-4/h5-6,13H,8-12H2,1-4H3. The maximum Gasteiger partial charge on any atom is 0.410 e. The molecule has 1 aliphatic rings. The first-order valence-electron chi connectivity index (χ1n) is 7.13. The molecule has 0 aromatic carbocycles. The number of amides is 1. The van der Waals surface area contributed by atoms with Gasteiger partial charge in [-0.15, -0.1) is 0 Å². The summed E-state index contributed by atoms with van der Waals surface area (Å²) in [5.41, 5.74) is -0.486. The van der Waals surface area contributed by atoms with E-state index in [0.717, 1.165) is 6.54 Å². The molecule has 0 N–H and O–H groups in total. The number of allylic oxidation sites excluding steroid dienone is 1. The summed E-state index contributed by atoms with van der Waals surface area (Å²) < 4.78 is 10.6. The number of nitrogens with zero attached hydrogens (tertiary/aromatic N) is 3. The fourth-order valence-corrected chi connectivity index (χ4v) is 2.22. The van der Waals surface area contributed by atoms with Crippen molar-refractivity contribution in [2.75, 3.05) is 39.9 Å². The highest BCUT2D eigenvalue weighted by molar-refractivity contribution is 5.68. The van der Waals surface area contributed by atoms with E-state index in [2.05, 4.69) is 4.90 Å². The summed E-state index contributed by atoms with van der Waals surface area (Å²) in [5, 5.41) is 8.54. The second kappa shape index (κ2) is 8.01. The Morgan fingerprint density at radius 2 is 2.14 bits per heavy atom. The largest absolute Gasteiger partial charge is 0.444 e. The van der Waals surface area contributed by atoms with Crippen LogP contribution in [0, 0.1) is 11.3 Å². The fraction of sp³-hybridized carbons (Fsp3) is 0.733. The maximum atomic E-state index is 12.1. The molecule has 0 spiro atoms. The second-order valence-electron chi connectivity index (χ2n) is 6.06. The minimum atomic E-state index is -0.486. The van der Waals surface area contributed by atoms with Crippen molar-refractivity contribution in [1.29, 1.82) is 5.26 Å². The summed E-state index contributed by atoms with van der Waals surface area (Å²) in [7, 11) is 1.65. The number of ether oxygens (including phenoxy) is 2. The van der Waals surface area contributed by atoms with Crippen LogP contribution in [-0.2, 0) is 9.47 Å². The lowest BCUT2D eigenvalue weighted by atomic mass is 10.1. The Hall–Kier alpha value is -1.58. The predicted octanol–water partition coefficient (Wildman–Crippen LogP) is 1.63. The van der Waals surface area contributed by atoms with Crippen molar-refractivity contribution in [1.82, 2.24) is 9.80 Å². The highest BCUT2D eigenvalue weighted by Crippen LogP contribution is 2.15. The van der Waals surface area contributed by atoms with Crippen LogP contribution >= 0.6 is 0 Å². The van der Waals surface area contributed by atoms with Gasteiger partial charge in [-0.1, -0.05) is 6.08 Å². The van der Waals surface area contributed by atoms with Gasteiger partial charge in [-0.2, -0.15) is 5.26 Å². The molecule has 6 nitrogen and oxygen atoms in total. The van der Waals surface area contributed by atoms with Gasteiger partial charge in [0.2, 0.25) is 0 Å². The first-order valence-corrected chi connectivity index (χ1v) is 7.13. The number of nitriles is 1. The Morgan fingerprint density at radius 3 is 2.71 bits per heavy atom. The molecule has 0 radical (unpaired) electrons. The van der Waals surface area contributed by atoms with Crippen LogP contribution in [0.3, 0.4) is 0 Å². The van der Waals surface area contributed by atoms with E-state index in [1.807, 2.05) is 32.9 Å². The lowest BCUT2D eigenvalue weighted by molar-refractivity contribution is -0.00606. The average molecular weight is 295 g/mol. The number of methoxy groups -OCH3 is 1. The third kappa shape index (κ3) is 6.15. The zero-order chi connectivity index (χ0) is 15.9. The SMILES string of the molecule is COCC1CN(C(=O)OC(C)(C)C)CCN1CC=CC#N. The Kier molecular flexibility index (Phi) is 6.66. The van der Waals surface area contributed by atoms with Crippen LogP contribution in [-0.4, -0.2) is 67.4 Å². The summed E-state index contributed by atoms with van der Waals surface area (Å²) in [5.74, 6) is 0. The molecule has 0 aromatic heterocycles. The Morgan fingerprint density at radius 1 is 1.43 bits per heavy atom. The zero-order valence-corrected chi connectivity index (χ0v) is 13.3. The minimum Gasteiger partial charge on any atom is -0.444 e. The van der Waals surface area contributed by atoms with Gasteiger partial charge in [-0.3, -0.25) is 4.90 Å². The third-order valence-electron chi connectivity index (χ3n) is 3.15. The molecule has 0 aromatic rings. The lowest BCUT2D eigenvalue weighted by Gasteiger charge is -2.40. The van der Waals surface area contributed by atoms with E-state index < -0.39 is 5.60 Å². The first-order chi connectivity index (χ1) is 9.87. The van der Waals surface area contributed by atoms with Crippen LogP contribution in [0.25, 0.3) is 0 Å². The normalized spacial score (nSPS) is 20.5. The molecule has 0 saturated carbocycles. The van der Waals surface area contributed by atoms with E-state index in [1.54, 1.807) is 12.0 Å². The smallest absolute Gasteiger partial charge is 0.410 e. The fourth-order valence-electron chi connectivity index (χ4n) is 2.22. The molecule has 0 bridgehead atoms. The highest BCUT2D eigenvalue weighted by atomic mass is 16.6. The van der Waals surface area contributed by atoms with Crippen LogP contribution in [0.1, 0.15) is 20.8 Å². The number of hydrogen-bond acceptors (Lipinski definition) is 5. The number of carbonyl (C=O) groups excluding carboxylic acids is 1. The van der Waals surface area contributed by atoms with Crippen LogP contribution in [0.4, 0.5) is 4.79 Å². The molecule has 6 heteroatoms. The summed E-state index contributed by atoms with van der Waals surface area (Å²) in [4.78, 5) is 16.0. The van der Waals surface area contributed by atoms with Gasteiger partial charge in [0.25, 0.3) is 0 Å². The van der Waals surface area contributed by atoms with Gasteiger partial charge in [0.15, 0.2) is 0 Å². The molecule has 1 heterocycles. The Bertz CT molecular complexity index is 409. The van der Waals surface area contributed by atoms with E-state index in [0.29, 0.717) is 26.2 Å². The van der Waals surface area contributed by atoms with E-state index in [1.165, 1.54) is 6.08 Å². The van der Waals surface area contributed by atoms with Gasteiger partial charge < -0.3 is 14.4 Å². The molecular formula is C15H25N3O3. The van der Waals surface area contributed by atoms with E-state index in [-0.39, 0.29) is 12.1 Å². The molecule has 1 saturated heterocycles. The molecule has 1 amide bonds. The Balaban J connectivity index is 2.61. The molecule has 1 rings (SSSR count). The number of carbonyl (C=O) groups is 1. The zero-order valence-electron chi connectivity index (χ0n) is 13.3. The molecule has 1 aliphatic heterocycles. The van der Waals surface area contributed by atoms with Crippen molar-refractivity contribution in [3.8, 4) is 6.07 Å². The van der Waals surface area contributed by atoms with Crippen molar-refractivity contribution in [2.24, 2.45) is 0 Å². The van der Waals surface area contributed by atoms with Crippen molar-refractivity contribution < 1.29 is 14.3 Å². The Labute approximate surface area is 126 Å².